The first kappa shape index (κ1) is 13.5. The second-order valence-electron chi connectivity index (χ2n) is 5.58. The third-order valence-corrected chi connectivity index (χ3v) is 3.83. The maximum atomic E-state index is 12.2. The molecule has 2 rings (SSSR count). The molecule has 1 N–H and O–H groups in total. The number of aryl methyl sites for hydroxylation is 1. The van der Waals surface area contributed by atoms with Crippen LogP contribution in [0.25, 0.3) is 0 Å². The molecular formula is C15H19N3O. The van der Waals surface area contributed by atoms with Gasteiger partial charge in [-0.2, -0.15) is 5.26 Å². The number of nitriles is 1. The molecule has 1 aromatic rings. The van der Waals surface area contributed by atoms with Crippen molar-refractivity contribution >= 4 is 5.91 Å². The molecule has 1 aliphatic rings. The lowest BCUT2D eigenvalue weighted by Gasteiger charge is -2.34. The summed E-state index contributed by atoms with van der Waals surface area (Å²) in [6, 6.07) is 4.09. The molecular weight excluding hydrogens is 238 g/mol. The summed E-state index contributed by atoms with van der Waals surface area (Å²) in [6.07, 6.45) is 6.68. The molecule has 0 aliphatic heterocycles. The third kappa shape index (κ3) is 3.11. The predicted molar refractivity (Wildman–Crippen MR) is 72.4 cm³/mol. The second-order valence-corrected chi connectivity index (χ2v) is 5.58. The van der Waals surface area contributed by atoms with E-state index in [9.17, 15) is 10.1 Å². The van der Waals surface area contributed by atoms with Gasteiger partial charge >= 0.3 is 0 Å². The molecule has 1 amide bonds. The van der Waals surface area contributed by atoms with Gasteiger partial charge in [0.15, 0.2) is 0 Å². The molecule has 100 valence electrons. The number of hydrogen-bond donors (Lipinski definition) is 1. The number of nitrogens with zero attached hydrogens (tertiary/aromatic N) is 2. The Bertz CT molecular complexity index is 510. The SMILES string of the molecule is Cc1cncc(C(=O)NC2(C#N)CCC(C)CC2)c1. The number of aromatic nitrogens is 1. The Morgan fingerprint density at radius 2 is 2.16 bits per heavy atom. The minimum absolute atomic E-state index is 0.202. The number of carbonyl (C=O) groups is 1. The van der Waals surface area contributed by atoms with E-state index in [0.29, 0.717) is 11.5 Å². The van der Waals surface area contributed by atoms with Crippen LogP contribution in [0.5, 0.6) is 0 Å². The van der Waals surface area contributed by atoms with Crippen molar-refractivity contribution < 1.29 is 4.79 Å². The molecule has 1 aromatic heterocycles. The predicted octanol–water partition coefficient (Wildman–Crippen LogP) is 2.59. The van der Waals surface area contributed by atoms with E-state index in [1.165, 1.54) is 0 Å². The minimum Gasteiger partial charge on any atom is -0.334 e. The van der Waals surface area contributed by atoms with Crippen LogP contribution in [0, 0.1) is 24.2 Å². The quantitative estimate of drug-likeness (QED) is 0.885. The van der Waals surface area contributed by atoms with E-state index >= 15 is 0 Å². The van der Waals surface area contributed by atoms with Crippen LogP contribution in [-0.2, 0) is 0 Å². The fraction of sp³-hybridized carbons (Fsp3) is 0.533. The highest BCUT2D eigenvalue weighted by Crippen LogP contribution is 2.31. The van der Waals surface area contributed by atoms with Crippen LogP contribution >= 0.6 is 0 Å². The summed E-state index contributed by atoms with van der Waals surface area (Å²) < 4.78 is 0. The van der Waals surface area contributed by atoms with Gasteiger partial charge in [-0.05, 0) is 50.2 Å². The molecule has 1 aliphatic carbocycles. The van der Waals surface area contributed by atoms with Gasteiger partial charge in [0.25, 0.3) is 5.91 Å². The lowest BCUT2D eigenvalue weighted by Crippen LogP contribution is -2.49. The van der Waals surface area contributed by atoms with Crippen LogP contribution in [0.1, 0.15) is 48.5 Å². The highest BCUT2D eigenvalue weighted by Gasteiger charge is 2.35. The zero-order chi connectivity index (χ0) is 13.9. The van der Waals surface area contributed by atoms with Crippen molar-refractivity contribution in [3.63, 3.8) is 0 Å². The van der Waals surface area contributed by atoms with E-state index < -0.39 is 5.54 Å². The average Bonchev–Trinajstić information content (AvgIpc) is 2.42. The molecule has 1 heterocycles. The van der Waals surface area contributed by atoms with Crippen molar-refractivity contribution in [2.45, 2.75) is 45.1 Å². The average molecular weight is 257 g/mol. The van der Waals surface area contributed by atoms with E-state index in [4.69, 9.17) is 0 Å². The Morgan fingerprint density at radius 3 is 2.74 bits per heavy atom. The zero-order valence-electron chi connectivity index (χ0n) is 11.4. The van der Waals surface area contributed by atoms with E-state index in [2.05, 4.69) is 23.3 Å². The number of nitrogens with one attached hydrogen (secondary N) is 1. The van der Waals surface area contributed by atoms with Gasteiger partial charge < -0.3 is 5.32 Å². The molecule has 0 radical (unpaired) electrons. The summed E-state index contributed by atoms with van der Waals surface area (Å²) in [5.74, 6) is 0.436. The second kappa shape index (κ2) is 5.40. The molecule has 0 aromatic carbocycles. The van der Waals surface area contributed by atoms with Crippen LogP contribution in [0.2, 0.25) is 0 Å². The van der Waals surface area contributed by atoms with Gasteiger partial charge in [0, 0.05) is 12.4 Å². The van der Waals surface area contributed by atoms with Crippen molar-refractivity contribution in [1.82, 2.24) is 10.3 Å². The molecule has 4 heteroatoms. The molecule has 0 spiro atoms. The van der Waals surface area contributed by atoms with Crippen LogP contribution in [-0.4, -0.2) is 16.4 Å². The van der Waals surface area contributed by atoms with Crippen molar-refractivity contribution in [2.75, 3.05) is 0 Å². The summed E-state index contributed by atoms with van der Waals surface area (Å²) in [7, 11) is 0. The van der Waals surface area contributed by atoms with Crippen molar-refractivity contribution in [3.05, 3.63) is 29.6 Å². The van der Waals surface area contributed by atoms with E-state index in [1.807, 2.05) is 6.92 Å². The first-order valence-electron chi connectivity index (χ1n) is 6.70. The minimum atomic E-state index is -0.701. The number of amides is 1. The Morgan fingerprint density at radius 1 is 1.47 bits per heavy atom. The van der Waals surface area contributed by atoms with Gasteiger partial charge in [-0.15, -0.1) is 0 Å². The molecule has 19 heavy (non-hydrogen) atoms. The molecule has 1 saturated carbocycles. The van der Waals surface area contributed by atoms with E-state index in [0.717, 1.165) is 31.2 Å². The first-order valence-corrected chi connectivity index (χ1v) is 6.70. The summed E-state index contributed by atoms with van der Waals surface area (Å²) in [4.78, 5) is 16.2. The molecule has 4 nitrogen and oxygen atoms in total. The van der Waals surface area contributed by atoms with Crippen LogP contribution < -0.4 is 5.32 Å². The Labute approximate surface area is 113 Å². The lowest BCUT2D eigenvalue weighted by atomic mass is 9.78. The van der Waals surface area contributed by atoms with Crippen LogP contribution in [0.4, 0.5) is 0 Å². The number of rotatable bonds is 2. The molecule has 0 atom stereocenters. The monoisotopic (exact) mass is 257 g/mol. The maximum absolute atomic E-state index is 12.2. The van der Waals surface area contributed by atoms with Crippen molar-refractivity contribution in [1.29, 1.82) is 5.26 Å². The van der Waals surface area contributed by atoms with Crippen LogP contribution in [0.15, 0.2) is 18.5 Å². The van der Waals surface area contributed by atoms with E-state index in [-0.39, 0.29) is 5.91 Å². The highest BCUT2D eigenvalue weighted by molar-refractivity contribution is 5.94. The summed E-state index contributed by atoms with van der Waals surface area (Å²) in [5, 5.41) is 12.3. The molecule has 0 bridgehead atoms. The molecule has 0 unspecified atom stereocenters. The van der Waals surface area contributed by atoms with Crippen molar-refractivity contribution in [3.8, 4) is 6.07 Å². The number of hydrogen-bond acceptors (Lipinski definition) is 3. The van der Waals surface area contributed by atoms with Gasteiger partial charge in [0.2, 0.25) is 0 Å². The van der Waals surface area contributed by atoms with Gasteiger partial charge in [-0.25, -0.2) is 0 Å². The van der Waals surface area contributed by atoms with Crippen molar-refractivity contribution in [2.24, 2.45) is 5.92 Å². The zero-order valence-corrected chi connectivity index (χ0v) is 11.4. The number of pyridine rings is 1. The largest absolute Gasteiger partial charge is 0.334 e. The summed E-state index contributed by atoms with van der Waals surface area (Å²) in [6.45, 7) is 4.08. The summed E-state index contributed by atoms with van der Waals surface area (Å²) in [5.41, 5.74) is 0.761. The highest BCUT2D eigenvalue weighted by atomic mass is 16.1. The van der Waals surface area contributed by atoms with Gasteiger partial charge in [0.1, 0.15) is 5.54 Å². The Kier molecular flexibility index (Phi) is 3.84. The number of carbonyl (C=O) groups excluding carboxylic acids is 1. The topological polar surface area (TPSA) is 65.8 Å². The first-order chi connectivity index (χ1) is 9.04. The Balaban J connectivity index is 2.11. The maximum Gasteiger partial charge on any atom is 0.254 e. The summed E-state index contributed by atoms with van der Waals surface area (Å²) >= 11 is 0. The smallest absolute Gasteiger partial charge is 0.254 e. The molecule has 1 fully saturated rings. The fourth-order valence-corrected chi connectivity index (χ4v) is 2.49. The van der Waals surface area contributed by atoms with Gasteiger partial charge in [-0.3, -0.25) is 9.78 Å². The van der Waals surface area contributed by atoms with Gasteiger partial charge in [0.05, 0.1) is 11.6 Å². The third-order valence-electron chi connectivity index (χ3n) is 3.83. The standard InChI is InChI=1S/C15H19N3O/c1-11-3-5-15(10-16,6-4-11)18-14(19)13-7-12(2)8-17-9-13/h7-9,11H,3-6H2,1-2H3,(H,18,19). The normalized spacial score (nSPS) is 26.5. The van der Waals surface area contributed by atoms with Gasteiger partial charge in [-0.1, -0.05) is 6.92 Å². The molecule has 0 saturated heterocycles. The van der Waals surface area contributed by atoms with E-state index in [1.54, 1.807) is 18.5 Å². The van der Waals surface area contributed by atoms with Crippen LogP contribution in [0.3, 0.4) is 0 Å². The lowest BCUT2D eigenvalue weighted by molar-refractivity contribution is 0.0893. The fourth-order valence-electron chi connectivity index (χ4n) is 2.49. The Hall–Kier alpha value is -1.89.